The molecule has 3 rings (SSSR count). The molecule has 1 unspecified atom stereocenters. The fourth-order valence-corrected chi connectivity index (χ4v) is 5.24. The molecule has 1 heterocycles. The molecule has 1 aromatic rings. The summed E-state index contributed by atoms with van der Waals surface area (Å²) in [5.74, 6) is 0.294. The van der Waals surface area contributed by atoms with Crippen LogP contribution in [0.2, 0.25) is 0 Å². The summed E-state index contributed by atoms with van der Waals surface area (Å²) in [4.78, 5) is 14.9. The van der Waals surface area contributed by atoms with Crippen molar-refractivity contribution in [2.75, 3.05) is 26.2 Å². The maximum Gasteiger partial charge on any atom is 0.416 e. The van der Waals surface area contributed by atoms with E-state index in [9.17, 15) is 22.4 Å². The zero-order valence-corrected chi connectivity index (χ0v) is 20.0. The Labute approximate surface area is 200 Å². The van der Waals surface area contributed by atoms with Gasteiger partial charge in [-0.1, -0.05) is 13.5 Å². The van der Waals surface area contributed by atoms with Crippen LogP contribution in [0.4, 0.5) is 17.6 Å². The van der Waals surface area contributed by atoms with Crippen LogP contribution >= 0.6 is 0 Å². The molecule has 1 aromatic carbocycles. The molecule has 2 N–H and O–H groups in total. The lowest BCUT2D eigenvalue weighted by Gasteiger charge is -2.31. The first-order valence-electron chi connectivity index (χ1n) is 12.4. The van der Waals surface area contributed by atoms with E-state index in [1.807, 2.05) is 0 Å². The standard InChI is InChI=1S/C26H37F4N3O/c1-3-24-5-4-10-33(24)18(2)15-31-16-19-6-8-20(9-7-19)17-32-25(34)22-11-21(14-27)12-23(13-22)26(28,29)30/h11-13,19-20,24,31H,2-10,14-17H2,1H3,(H,32,34)/t19-,20-,24?. The van der Waals surface area contributed by atoms with Gasteiger partial charge in [-0.2, -0.15) is 13.2 Å². The number of alkyl halides is 4. The van der Waals surface area contributed by atoms with Crippen LogP contribution in [0.5, 0.6) is 0 Å². The summed E-state index contributed by atoms with van der Waals surface area (Å²) in [6.07, 6.45) is 3.07. The SMILES string of the molecule is C=C(CNC[C@H]1CC[C@H](CNC(=O)c2cc(CF)cc(C(F)(F)F)c2)CC1)N1CCCC1CC. The van der Waals surface area contributed by atoms with Gasteiger partial charge >= 0.3 is 6.18 Å². The molecule has 0 aromatic heterocycles. The van der Waals surface area contributed by atoms with Crippen LogP contribution in [-0.4, -0.2) is 43.0 Å². The van der Waals surface area contributed by atoms with Crippen molar-refractivity contribution in [2.24, 2.45) is 11.8 Å². The molecule has 1 aliphatic carbocycles. The van der Waals surface area contributed by atoms with Crippen LogP contribution in [0, 0.1) is 11.8 Å². The summed E-state index contributed by atoms with van der Waals surface area (Å²) in [6, 6.07) is 3.34. The maximum atomic E-state index is 13.0. The van der Waals surface area contributed by atoms with Gasteiger partial charge in [0.05, 0.1) is 5.56 Å². The van der Waals surface area contributed by atoms with Crippen molar-refractivity contribution in [2.45, 2.75) is 70.8 Å². The van der Waals surface area contributed by atoms with E-state index in [2.05, 4.69) is 29.0 Å². The van der Waals surface area contributed by atoms with Gasteiger partial charge in [0.2, 0.25) is 0 Å². The predicted molar refractivity (Wildman–Crippen MR) is 126 cm³/mol. The number of carbonyl (C=O) groups excluding carboxylic acids is 1. The van der Waals surface area contributed by atoms with Crippen molar-refractivity contribution in [1.82, 2.24) is 15.5 Å². The van der Waals surface area contributed by atoms with E-state index in [-0.39, 0.29) is 11.1 Å². The second-order valence-electron chi connectivity index (χ2n) is 9.74. The highest BCUT2D eigenvalue weighted by Gasteiger charge is 2.32. The van der Waals surface area contributed by atoms with Crippen molar-refractivity contribution in [1.29, 1.82) is 0 Å². The third kappa shape index (κ3) is 7.20. The third-order valence-electron chi connectivity index (χ3n) is 7.27. The van der Waals surface area contributed by atoms with E-state index < -0.39 is 24.3 Å². The fraction of sp³-hybridized carbons (Fsp3) is 0.654. The molecule has 2 fully saturated rings. The van der Waals surface area contributed by atoms with Gasteiger partial charge in [-0.15, -0.1) is 0 Å². The Balaban J connectivity index is 1.38. The summed E-state index contributed by atoms with van der Waals surface area (Å²) in [7, 11) is 0. The zero-order valence-electron chi connectivity index (χ0n) is 20.0. The average Bonchev–Trinajstić information content (AvgIpc) is 3.31. The first-order chi connectivity index (χ1) is 16.2. The number of hydrogen-bond donors (Lipinski definition) is 2. The van der Waals surface area contributed by atoms with Crippen LogP contribution in [0.3, 0.4) is 0 Å². The van der Waals surface area contributed by atoms with Crippen LogP contribution < -0.4 is 10.6 Å². The normalized spacial score (nSPS) is 23.2. The minimum Gasteiger partial charge on any atom is -0.371 e. The number of hydrogen-bond acceptors (Lipinski definition) is 3. The minimum absolute atomic E-state index is 0.148. The van der Waals surface area contributed by atoms with Crippen molar-refractivity contribution in [3.8, 4) is 0 Å². The van der Waals surface area contributed by atoms with E-state index in [4.69, 9.17) is 0 Å². The molecule has 8 heteroatoms. The first kappa shape index (κ1) is 26.5. The molecule has 1 aliphatic heterocycles. The van der Waals surface area contributed by atoms with Gasteiger partial charge in [-0.3, -0.25) is 4.79 Å². The zero-order chi connectivity index (χ0) is 24.7. The molecule has 0 radical (unpaired) electrons. The Kier molecular flexibility index (Phi) is 9.39. The minimum atomic E-state index is -4.62. The Morgan fingerprint density at radius 2 is 1.76 bits per heavy atom. The topological polar surface area (TPSA) is 44.4 Å². The molecule has 4 nitrogen and oxygen atoms in total. The van der Waals surface area contributed by atoms with Crippen molar-refractivity contribution >= 4 is 5.91 Å². The highest BCUT2D eigenvalue weighted by molar-refractivity contribution is 5.94. The fourth-order valence-electron chi connectivity index (χ4n) is 5.24. The first-order valence-corrected chi connectivity index (χ1v) is 12.4. The van der Waals surface area contributed by atoms with Crippen molar-refractivity contribution < 1.29 is 22.4 Å². The Morgan fingerprint density at radius 1 is 1.09 bits per heavy atom. The van der Waals surface area contributed by atoms with E-state index in [0.717, 1.165) is 63.9 Å². The molecule has 1 saturated heterocycles. The maximum absolute atomic E-state index is 13.0. The van der Waals surface area contributed by atoms with Gasteiger partial charge in [-0.05, 0) is 87.1 Å². The molecule has 0 spiro atoms. The van der Waals surface area contributed by atoms with Crippen molar-refractivity contribution in [3.63, 3.8) is 0 Å². The Bertz CT molecular complexity index is 834. The summed E-state index contributed by atoms with van der Waals surface area (Å²) < 4.78 is 52.1. The van der Waals surface area contributed by atoms with E-state index in [1.54, 1.807) is 0 Å². The van der Waals surface area contributed by atoms with E-state index in [1.165, 1.54) is 24.6 Å². The van der Waals surface area contributed by atoms with Crippen LogP contribution in [-0.2, 0) is 12.9 Å². The molecule has 0 bridgehead atoms. The number of rotatable bonds is 10. The summed E-state index contributed by atoms with van der Waals surface area (Å²) in [5, 5.41) is 6.31. The van der Waals surface area contributed by atoms with Crippen LogP contribution in [0.15, 0.2) is 30.5 Å². The van der Waals surface area contributed by atoms with Gasteiger partial charge in [0.15, 0.2) is 0 Å². The van der Waals surface area contributed by atoms with E-state index in [0.29, 0.717) is 24.4 Å². The number of amides is 1. The van der Waals surface area contributed by atoms with Crippen molar-refractivity contribution in [3.05, 3.63) is 47.2 Å². The number of likely N-dealkylation sites (tertiary alicyclic amines) is 1. The number of halogens is 4. The van der Waals surface area contributed by atoms with Gasteiger partial charge in [-0.25, -0.2) is 4.39 Å². The second-order valence-corrected chi connectivity index (χ2v) is 9.74. The number of nitrogens with one attached hydrogen (secondary N) is 2. The third-order valence-corrected chi connectivity index (χ3v) is 7.27. The van der Waals surface area contributed by atoms with Gasteiger partial charge in [0.25, 0.3) is 5.91 Å². The molecule has 34 heavy (non-hydrogen) atoms. The van der Waals surface area contributed by atoms with Crippen LogP contribution in [0.1, 0.15) is 73.4 Å². The van der Waals surface area contributed by atoms with Gasteiger partial charge in [0, 0.05) is 36.9 Å². The molecule has 2 aliphatic rings. The summed E-state index contributed by atoms with van der Waals surface area (Å²) in [6.45, 7) is 8.72. The molecule has 1 saturated carbocycles. The lowest BCUT2D eigenvalue weighted by molar-refractivity contribution is -0.137. The molecular formula is C26H37F4N3O. The average molecular weight is 484 g/mol. The summed E-state index contributed by atoms with van der Waals surface area (Å²) >= 11 is 0. The monoisotopic (exact) mass is 483 g/mol. The largest absolute Gasteiger partial charge is 0.416 e. The van der Waals surface area contributed by atoms with Gasteiger partial charge in [0.1, 0.15) is 6.67 Å². The molecule has 1 amide bonds. The smallest absolute Gasteiger partial charge is 0.371 e. The number of benzene rings is 1. The Hall–Kier alpha value is -2.09. The number of carbonyl (C=O) groups is 1. The molecular weight excluding hydrogens is 446 g/mol. The molecule has 190 valence electrons. The lowest BCUT2D eigenvalue weighted by Crippen LogP contribution is -2.36. The Morgan fingerprint density at radius 3 is 2.38 bits per heavy atom. The lowest BCUT2D eigenvalue weighted by atomic mass is 9.82. The number of nitrogens with zero attached hydrogens (tertiary/aromatic N) is 1. The van der Waals surface area contributed by atoms with E-state index >= 15 is 0 Å². The molecule has 1 atom stereocenters. The van der Waals surface area contributed by atoms with Crippen LogP contribution in [0.25, 0.3) is 0 Å². The van der Waals surface area contributed by atoms with Gasteiger partial charge < -0.3 is 15.5 Å². The highest BCUT2D eigenvalue weighted by Crippen LogP contribution is 2.31. The predicted octanol–water partition coefficient (Wildman–Crippen LogP) is 5.69. The second kappa shape index (κ2) is 12.0. The highest BCUT2D eigenvalue weighted by atomic mass is 19.4. The quantitative estimate of drug-likeness (QED) is 0.421. The summed E-state index contributed by atoms with van der Waals surface area (Å²) in [5.41, 5.74) is -0.126.